The van der Waals surface area contributed by atoms with Gasteiger partial charge in [0.2, 0.25) is 0 Å². The maximum atomic E-state index is 10.4. The molecule has 3 rings (SSSR count). The molecule has 3 aromatic rings. The van der Waals surface area contributed by atoms with Gasteiger partial charge in [-0.05, 0) is 48.6 Å². The molecule has 0 radical (unpaired) electrons. The molecule has 1 unspecified atom stereocenters. The highest BCUT2D eigenvalue weighted by atomic mass is 16.5. The van der Waals surface area contributed by atoms with E-state index in [0.717, 1.165) is 43.3 Å². The van der Waals surface area contributed by atoms with E-state index in [2.05, 4.69) is 56.7 Å². The van der Waals surface area contributed by atoms with Crippen LogP contribution >= 0.6 is 0 Å². The molecule has 0 aliphatic carbocycles. The minimum absolute atomic E-state index is 0.296. The fraction of sp³-hybridized carbons (Fsp3) is 0.348. The summed E-state index contributed by atoms with van der Waals surface area (Å²) in [5.41, 5.74) is 2.08. The SMILES string of the molecule is CCNC(=NCC(O)c1ccc(OC)cc1)NCCCn1ccc2ccccc21. The van der Waals surface area contributed by atoms with Crippen molar-refractivity contribution in [1.82, 2.24) is 15.2 Å². The minimum Gasteiger partial charge on any atom is -0.497 e. The first-order valence-corrected chi connectivity index (χ1v) is 10.1. The standard InChI is InChI=1S/C23H30N4O2/c1-3-24-23(26-17-22(28)19-9-11-20(29-2)12-10-19)25-14-6-15-27-16-13-18-7-4-5-8-21(18)27/h4-5,7-13,16,22,28H,3,6,14-15,17H2,1-2H3,(H2,24,25,26). The Morgan fingerprint density at radius 3 is 2.66 bits per heavy atom. The number of aryl methyl sites for hydroxylation is 1. The number of para-hydroxylation sites is 1. The van der Waals surface area contributed by atoms with Crippen LogP contribution in [0.15, 0.2) is 65.8 Å². The van der Waals surface area contributed by atoms with Gasteiger partial charge in [-0.1, -0.05) is 30.3 Å². The van der Waals surface area contributed by atoms with Crippen molar-refractivity contribution in [1.29, 1.82) is 0 Å². The normalized spacial score (nSPS) is 12.7. The molecule has 29 heavy (non-hydrogen) atoms. The van der Waals surface area contributed by atoms with E-state index in [4.69, 9.17) is 4.74 Å². The molecule has 0 amide bonds. The molecular formula is C23H30N4O2. The average molecular weight is 395 g/mol. The Hall–Kier alpha value is -2.99. The number of rotatable bonds is 9. The predicted octanol–water partition coefficient (Wildman–Crippen LogP) is 3.33. The maximum Gasteiger partial charge on any atom is 0.191 e. The predicted molar refractivity (Wildman–Crippen MR) is 118 cm³/mol. The van der Waals surface area contributed by atoms with Crippen molar-refractivity contribution in [2.24, 2.45) is 4.99 Å². The van der Waals surface area contributed by atoms with Crippen molar-refractivity contribution in [3.63, 3.8) is 0 Å². The third-order valence-corrected chi connectivity index (χ3v) is 4.82. The molecular weight excluding hydrogens is 364 g/mol. The number of hydrogen-bond acceptors (Lipinski definition) is 3. The summed E-state index contributed by atoms with van der Waals surface area (Å²) in [6.45, 7) is 4.84. The second kappa shape index (κ2) is 10.5. The summed E-state index contributed by atoms with van der Waals surface area (Å²) in [5, 5.41) is 18.2. The van der Waals surface area contributed by atoms with Crippen LogP contribution in [0.5, 0.6) is 5.75 Å². The number of benzene rings is 2. The van der Waals surface area contributed by atoms with Crippen LogP contribution in [0.25, 0.3) is 10.9 Å². The number of aromatic nitrogens is 1. The largest absolute Gasteiger partial charge is 0.497 e. The topological polar surface area (TPSA) is 70.8 Å². The van der Waals surface area contributed by atoms with Crippen LogP contribution in [0.4, 0.5) is 0 Å². The number of aliphatic hydroxyl groups is 1. The molecule has 1 aromatic heterocycles. The summed E-state index contributed by atoms with van der Waals surface area (Å²) >= 11 is 0. The molecule has 2 aromatic carbocycles. The molecule has 1 heterocycles. The van der Waals surface area contributed by atoms with E-state index in [1.54, 1.807) is 7.11 Å². The van der Waals surface area contributed by atoms with Crippen molar-refractivity contribution in [3.05, 3.63) is 66.4 Å². The molecule has 1 atom stereocenters. The molecule has 0 aliphatic heterocycles. The smallest absolute Gasteiger partial charge is 0.191 e. The lowest BCUT2D eigenvalue weighted by Crippen LogP contribution is -2.38. The minimum atomic E-state index is -0.650. The van der Waals surface area contributed by atoms with E-state index in [0.29, 0.717) is 6.54 Å². The summed E-state index contributed by atoms with van der Waals surface area (Å²) in [4.78, 5) is 4.52. The maximum absolute atomic E-state index is 10.4. The van der Waals surface area contributed by atoms with Crippen LogP contribution < -0.4 is 15.4 Å². The van der Waals surface area contributed by atoms with Gasteiger partial charge in [0.15, 0.2) is 5.96 Å². The third kappa shape index (κ3) is 5.74. The summed E-state index contributed by atoms with van der Waals surface area (Å²) in [7, 11) is 1.63. The van der Waals surface area contributed by atoms with Crippen molar-refractivity contribution in [3.8, 4) is 5.75 Å². The fourth-order valence-corrected chi connectivity index (χ4v) is 3.24. The van der Waals surface area contributed by atoms with Gasteiger partial charge in [-0.15, -0.1) is 0 Å². The number of nitrogens with zero attached hydrogens (tertiary/aromatic N) is 2. The van der Waals surface area contributed by atoms with E-state index in [9.17, 15) is 5.11 Å². The molecule has 0 spiro atoms. The summed E-state index contributed by atoms with van der Waals surface area (Å²) in [5.74, 6) is 1.49. The zero-order valence-electron chi connectivity index (χ0n) is 17.1. The van der Waals surface area contributed by atoms with Gasteiger partial charge in [0.1, 0.15) is 5.75 Å². The average Bonchev–Trinajstić information content (AvgIpc) is 3.18. The Bertz CT molecular complexity index is 918. The first-order valence-electron chi connectivity index (χ1n) is 10.1. The molecule has 6 nitrogen and oxygen atoms in total. The highest BCUT2D eigenvalue weighted by molar-refractivity contribution is 5.80. The van der Waals surface area contributed by atoms with Crippen LogP contribution in [0.2, 0.25) is 0 Å². The first kappa shape index (κ1) is 20.7. The number of fused-ring (bicyclic) bond motifs is 1. The lowest BCUT2D eigenvalue weighted by Gasteiger charge is -2.14. The number of hydrogen-bond donors (Lipinski definition) is 3. The zero-order chi connectivity index (χ0) is 20.5. The van der Waals surface area contributed by atoms with Gasteiger partial charge in [0, 0.05) is 31.3 Å². The lowest BCUT2D eigenvalue weighted by atomic mass is 10.1. The molecule has 0 bridgehead atoms. The Balaban J connectivity index is 1.49. The van der Waals surface area contributed by atoms with Gasteiger partial charge in [-0.3, -0.25) is 4.99 Å². The van der Waals surface area contributed by atoms with E-state index in [1.807, 2.05) is 31.2 Å². The van der Waals surface area contributed by atoms with Crippen LogP contribution in [0.3, 0.4) is 0 Å². The Labute approximate surface area is 172 Å². The number of ether oxygens (including phenoxy) is 1. The van der Waals surface area contributed by atoms with Gasteiger partial charge in [0.25, 0.3) is 0 Å². The van der Waals surface area contributed by atoms with Gasteiger partial charge in [-0.2, -0.15) is 0 Å². The second-order valence-corrected chi connectivity index (χ2v) is 6.86. The van der Waals surface area contributed by atoms with Crippen molar-refractivity contribution < 1.29 is 9.84 Å². The number of aliphatic hydroxyl groups excluding tert-OH is 1. The number of nitrogens with one attached hydrogen (secondary N) is 2. The molecule has 3 N–H and O–H groups in total. The first-order chi connectivity index (χ1) is 14.2. The van der Waals surface area contributed by atoms with Gasteiger partial charge in [-0.25, -0.2) is 0 Å². The lowest BCUT2D eigenvalue weighted by molar-refractivity contribution is 0.187. The van der Waals surface area contributed by atoms with Gasteiger partial charge < -0.3 is 25.0 Å². The number of guanidine groups is 1. The summed E-state index contributed by atoms with van der Waals surface area (Å²) in [6, 6.07) is 18.0. The summed E-state index contributed by atoms with van der Waals surface area (Å²) in [6.07, 6.45) is 2.46. The Morgan fingerprint density at radius 2 is 1.90 bits per heavy atom. The molecule has 154 valence electrons. The monoisotopic (exact) mass is 394 g/mol. The molecule has 0 aliphatic rings. The van der Waals surface area contributed by atoms with Crippen LogP contribution in [0.1, 0.15) is 25.0 Å². The Kier molecular flexibility index (Phi) is 7.53. The van der Waals surface area contributed by atoms with Crippen LogP contribution in [-0.2, 0) is 6.54 Å². The van der Waals surface area contributed by atoms with E-state index in [-0.39, 0.29) is 0 Å². The Morgan fingerprint density at radius 1 is 1.10 bits per heavy atom. The quantitative estimate of drug-likeness (QED) is 0.296. The molecule has 6 heteroatoms. The van der Waals surface area contributed by atoms with Crippen molar-refractivity contribution >= 4 is 16.9 Å². The molecule has 0 saturated heterocycles. The van der Waals surface area contributed by atoms with Gasteiger partial charge in [0.05, 0.1) is 19.8 Å². The van der Waals surface area contributed by atoms with E-state index >= 15 is 0 Å². The van der Waals surface area contributed by atoms with E-state index < -0.39 is 6.10 Å². The number of methoxy groups -OCH3 is 1. The highest BCUT2D eigenvalue weighted by Crippen LogP contribution is 2.18. The molecule has 0 fully saturated rings. The fourth-order valence-electron chi connectivity index (χ4n) is 3.24. The van der Waals surface area contributed by atoms with Crippen LogP contribution in [-0.4, -0.2) is 42.4 Å². The second-order valence-electron chi connectivity index (χ2n) is 6.86. The summed E-state index contributed by atoms with van der Waals surface area (Å²) < 4.78 is 7.43. The van der Waals surface area contributed by atoms with Crippen molar-refractivity contribution in [2.75, 3.05) is 26.7 Å². The van der Waals surface area contributed by atoms with Crippen LogP contribution in [0, 0.1) is 0 Å². The third-order valence-electron chi connectivity index (χ3n) is 4.82. The molecule has 0 saturated carbocycles. The highest BCUT2D eigenvalue weighted by Gasteiger charge is 2.08. The van der Waals surface area contributed by atoms with E-state index in [1.165, 1.54) is 10.9 Å². The van der Waals surface area contributed by atoms with Gasteiger partial charge >= 0.3 is 0 Å². The number of aliphatic imine (C=N–C) groups is 1. The zero-order valence-corrected chi connectivity index (χ0v) is 17.1. The van der Waals surface area contributed by atoms with Crippen molar-refractivity contribution in [2.45, 2.75) is 26.0 Å².